The van der Waals surface area contributed by atoms with E-state index < -0.39 is 0 Å². The van der Waals surface area contributed by atoms with E-state index in [0.29, 0.717) is 6.04 Å². The van der Waals surface area contributed by atoms with Gasteiger partial charge in [0.25, 0.3) is 0 Å². The number of rotatable bonds is 5. The molecule has 1 saturated carbocycles. The predicted molar refractivity (Wildman–Crippen MR) is 59.6 cm³/mol. The maximum Gasteiger partial charge on any atom is 0.208 e. The highest BCUT2D eigenvalue weighted by Crippen LogP contribution is 2.33. The molecule has 0 bridgehead atoms. The van der Waals surface area contributed by atoms with Crippen molar-refractivity contribution in [2.45, 2.75) is 52.6 Å². The number of hydrogen-bond acceptors (Lipinski definition) is 3. The summed E-state index contributed by atoms with van der Waals surface area (Å²) in [4.78, 5) is 4.35. The molecule has 3 nitrogen and oxygen atoms in total. The second-order valence-corrected chi connectivity index (χ2v) is 4.71. The van der Waals surface area contributed by atoms with Gasteiger partial charge in [-0.2, -0.15) is 0 Å². The molecule has 1 atom stereocenters. The summed E-state index contributed by atoms with van der Waals surface area (Å²) in [5.41, 5.74) is 1.00. The minimum atomic E-state index is 0.574. The van der Waals surface area contributed by atoms with Gasteiger partial charge >= 0.3 is 0 Å². The van der Waals surface area contributed by atoms with E-state index in [4.69, 9.17) is 4.42 Å². The Kier molecular flexibility index (Phi) is 3.10. The quantitative estimate of drug-likeness (QED) is 0.808. The highest BCUT2D eigenvalue weighted by Gasteiger charge is 2.23. The van der Waals surface area contributed by atoms with Crippen molar-refractivity contribution in [3.05, 3.63) is 17.3 Å². The summed E-state index contributed by atoms with van der Waals surface area (Å²) in [6.45, 7) is 6.93. The summed E-state index contributed by atoms with van der Waals surface area (Å²) in [6, 6.07) is 0.574. The van der Waals surface area contributed by atoms with Crippen molar-refractivity contribution in [1.82, 2.24) is 10.3 Å². The zero-order valence-corrected chi connectivity index (χ0v) is 9.84. The van der Waals surface area contributed by atoms with Gasteiger partial charge < -0.3 is 9.73 Å². The Hall–Kier alpha value is -0.830. The second-order valence-electron chi connectivity index (χ2n) is 4.71. The van der Waals surface area contributed by atoms with Gasteiger partial charge in [0.1, 0.15) is 5.76 Å². The maximum atomic E-state index is 5.51. The lowest BCUT2D eigenvalue weighted by Crippen LogP contribution is -2.26. The summed E-state index contributed by atoms with van der Waals surface area (Å²) in [7, 11) is 0. The molecular weight excluding hydrogens is 188 g/mol. The summed E-state index contributed by atoms with van der Waals surface area (Å²) in [6.07, 6.45) is 4.13. The van der Waals surface area contributed by atoms with Crippen molar-refractivity contribution in [2.24, 2.45) is 5.92 Å². The third kappa shape index (κ3) is 3.06. The molecule has 1 N–H and O–H groups in total. The van der Waals surface area contributed by atoms with Gasteiger partial charge in [-0.25, -0.2) is 4.98 Å². The Morgan fingerprint density at radius 3 is 2.73 bits per heavy atom. The lowest BCUT2D eigenvalue weighted by molar-refractivity contribution is 0.413. The molecule has 1 aliphatic carbocycles. The van der Waals surface area contributed by atoms with Crippen LogP contribution in [-0.4, -0.2) is 11.0 Å². The molecule has 1 fully saturated rings. The van der Waals surface area contributed by atoms with Gasteiger partial charge in [0.05, 0.1) is 12.2 Å². The Balaban J connectivity index is 1.76. The fraction of sp³-hybridized carbons (Fsp3) is 0.750. The number of hydrogen-bond donors (Lipinski definition) is 1. The zero-order valence-electron chi connectivity index (χ0n) is 9.84. The molecule has 0 aromatic carbocycles. The van der Waals surface area contributed by atoms with Crippen LogP contribution in [0.15, 0.2) is 4.42 Å². The highest BCUT2D eigenvalue weighted by atomic mass is 16.4. The van der Waals surface area contributed by atoms with Gasteiger partial charge in [-0.1, -0.05) is 12.8 Å². The van der Waals surface area contributed by atoms with Crippen molar-refractivity contribution in [2.75, 3.05) is 0 Å². The Morgan fingerprint density at radius 2 is 2.20 bits per heavy atom. The minimum absolute atomic E-state index is 0.574. The molecule has 1 heterocycles. The Labute approximate surface area is 91.3 Å². The van der Waals surface area contributed by atoms with Crippen LogP contribution in [0.25, 0.3) is 0 Å². The number of oxazole rings is 1. The average molecular weight is 208 g/mol. The van der Waals surface area contributed by atoms with E-state index in [1.165, 1.54) is 19.3 Å². The first-order chi connectivity index (χ1) is 7.15. The van der Waals surface area contributed by atoms with E-state index in [0.717, 1.165) is 29.8 Å². The maximum absolute atomic E-state index is 5.51. The first-order valence-electron chi connectivity index (χ1n) is 5.81. The number of nitrogens with zero attached hydrogens (tertiary/aromatic N) is 1. The number of aryl methyl sites for hydroxylation is 2. The van der Waals surface area contributed by atoms with Gasteiger partial charge in [-0.3, -0.25) is 0 Å². The SMILES string of the molecule is Cc1nc(CNC(C)CC2CC2)oc1C. The standard InChI is InChI=1S/C12H20N2O/c1-8(6-11-4-5-11)13-7-12-14-9(2)10(3)15-12/h8,11,13H,4-7H2,1-3H3. The highest BCUT2D eigenvalue weighted by molar-refractivity contribution is 5.05. The normalized spacial score (nSPS) is 18.1. The molecular formula is C12H20N2O. The molecule has 15 heavy (non-hydrogen) atoms. The summed E-state index contributed by atoms with van der Waals surface area (Å²) >= 11 is 0. The van der Waals surface area contributed by atoms with Gasteiger partial charge in [0.2, 0.25) is 5.89 Å². The summed E-state index contributed by atoms with van der Waals surface area (Å²) < 4.78 is 5.51. The minimum Gasteiger partial charge on any atom is -0.444 e. The predicted octanol–water partition coefficient (Wildman–Crippen LogP) is 2.57. The van der Waals surface area contributed by atoms with Crippen LogP contribution in [0, 0.1) is 19.8 Å². The van der Waals surface area contributed by atoms with Crippen LogP contribution in [0.3, 0.4) is 0 Å². The van der Waals surface area contributed by atoms with E-state index in [1.54, 1.807) is 0 Å². The zero-order chi connectivity index (χ0) is 10.8. The van der Waals surface area contributed by atoms with Crippen LogP contribution >= 0.6 is 0 Å². The van der Waals surface area contributed by atoms with E-state index >= 15 is 0 Å². The van der Waals surface area contributed by atoms with E-state index in [9.17, 15) is 0 Å². The molecule has 84 valence electrons. The van der Waals surface area contributed by atoms with Crippen LogP contribution in [0.2, 0.25) is 0 Å². The molecule has 0 spiro atoms. The smallest absolute Gasteiger partial charge is 0.208 e. The van der Waals surface area contributed by atoms with Gasteiger partial charge in [0.15, 0.2) is 0 Å². The first-order valence-corrected chi connectivity index (χ1v) is 5.81. The first kappa shape index (κ1) is 10.7. The molecule has 1 unspecified atom stereocenters. The van der Waals surface area contributed by atoms with Crippen LogP contribution in [0.1, 0.15) is 43.5 Å². The van der Waals surface area contributed by atoms with Crippen LogP contribution in [0.5, 0.6) is 0 Å². The van der Waals surface area contributed by atoms with Crippen molar-refractivity contribution in [3.63, 3.8) is 0 Å². The van der Waals surface area contributed by atoms with Gasteiger partial charge in [-0.15, -0.1) is 0 Å². The molecule has 1 aromatic heterocycles. The van der Waals surface area contributed by atoms with Crippen LogP contribution in [-0.2, 0) is 6.54 Å². The number of aromatic nitrogens is 1. The molecule has 3 heteroatoms. The van der Waals surface area contributed by atoms with Crippen molar-refractivity contribution in [1.29, 1.82) is 0 Å². The topological polar surface area (TPSA) is 38.1 Å². The third-order valence-corrected chi connectivity index (χ3v) is 3.06. The molecule has 2 rings (SSSR count). The molecule has 0 amide bonds. The fourth-order valence-electron chi connectivity index (χ4n) is 1.81. The van der Waals surface area contributed by atoms with Crippen LogP contribution in [0.4, 0.5) is 0 Å². The van der Waals surface area contributed by atoms with E-state index in [2.05, 4.69) is 17.2 Å². The van der Waals surface area contributed by atoms with Crippen LogP contribution < -0.4 is 5.32 Å². The average Bonchev–Trinajstić information content (AvgIpc) is 2.92. The van der Waals surface area contributed by atoms with E-state index in [1.807, 2.05) is 13.8 Å². The molecule has 1 aromatic rings. The fourth-order valence-corrected chi connectivity index (χ4v) is 1.81. The lowest BCUT2D eigenvalue weighted by Gasteiger charge is -2.10. The largest absolute Gasteiger partial charge is 0.444 e. The summed E-state index contributed by atoms with van der Waals surface area (Å²) in [5.74, 6) is 2.72. The Bertz CT molecular complexity index is 309. The monoisotopic (exact) mass is 208 g/mol. The molecule has 0 aliphatic heterocycles. The van der Waals surface area contributed by atoms with Gasteiger partial charge in [-0.05, 0) is 33.1 Å². The Morgan fingerprint density at radius 1 is 1.47 bits per heavy atom. The van der Waals surface area contributed by atoms with E-state index in [-0.39, 0.29) is 0 Å². The van der Waals surface area contributed by atoms with Crippen molar-refractivity contribution >= 4 is 0 Å². The van der Waals surface area contributed by atoms with Gasteiger partial charge in [0, 0.05) is 6.04 Å². The van der Waals surface area contributed by atoms with Crippen molar-refractivity contribution < 1.29 is 4.42 Å². The van der Waals surface area contributed by atoms with Crippen molar-refractivity contribution in [3.8, 4) is 0 Å². The molecule has 0 saturated heterocycles. The third-order valence-electron chi connectivity index (χ3n) is 3.06. The molecule has 1 aliphatic rings. The summed E-state index contributed by atoms with van der Waals surface area (Å²) in [5, 5.41) is 3.45. The second kappa shape index (κ2) is 4.35. The number of nitrogens with one attached hydrogen (secondary N) is 1. The lowest BCUT2D eigenvalue weighted by atomic mass is 10.1. The molecule has 0 radical (unpaired) electrons.